The molecule has 2 aliphatic heterocycles. The van der Waals surface area contributed by atoms with E-state index >= 15 is 0 Å². The summed E-state index contributed by atoms with van der Waals surface area (Å²) < 4.78 is 31.5. The fraction of sp³-hybridized carbons (Fsp3) is 0.567. The minimum atomic E-state index is -3.67. The van der Waals surface area contributed by atoms with Gasteiger partial charge in [-0.05, 0) is 63.0 Å². The van der Waals surface area contributed by atoms with Crippen LogP contribution in [-0.4, -0.2) is 99.0 Å². The number of hydrogen-bond donors (Lipinski definition) is 3. The summed E-state index contributed by atoms with van der Waals surface area (Å²) in [5.74, 6) is -1.31. The maximum absolute atomic E-state index is 13.5. The van der Waals surface area contributed by atoms with Gasteiger partial charge in [0.05, 0.1) is 6.26 Å². The molecule has 0 unspecified atom stereocenters. The van der Waals surface area contributed by atoms with E-state index in [0.717, 1.165) is 24.7 Å². The first-order valence-electron chi connectivity index (χ1n) is 14.8. The van der Waals surface area contributed by atoms with Crippen molar-refractivity contribution in [2.24, 2.45) is 16.6 Å². The zero-order valence-corrected chi connectivity index (χ0v) is 26.7. The van der Waals surface area contributed by atoms with Gasteiger partial charge in [0.15, 0.2) is 5.96 Å². The van der Waals surface area contributed by atoms with Crippen molar-refractivity contribution in [2.45, 2.75) is 65.0 Å². The Labute approximate surface area is 259 Å². The number of likely N-dealkylation sites (tertiary alicyclic amines) is 2. The lowest BCUT2D eigenvalue weighted by molar-refractivity contribution is -0.140. The predicted octanol–water partition coefficient (Wildman–Crippen LogP) is 0.707. The van der Waals surface area contributed by atoms with Crippen LogP contribution in [0.5, 0.6) is 0 Å². The molecule has 3 amide bonds. The first kappa shape index (κ1) is 34.7. The number of esters is 1. The number of amides is 3. The van der Waals surface area contributed by atoms with Gasteiger partial charge in [-0.3, -0.25) is 19.2 Å². The number of guanidine groups is 1. The number of nitrogens with two attached hydrogens (primary N) is 1. The summed E-state index contributed by atoms with van der Waals surface area (Å²) >= 11 is 0. The fourth-order valence-electron chi connectivity index (χ4n) is 5.28. The molecule has 1 aromatic carbocycles. The summed E-state index contributed by atoms with van der Waals surface area (Å²) in [5, 5.41) is 2.99. The van der Waals surface area contributed by atoms with Crippen LogP contribution in [0, 0.1) is 5.92 Å². The molecule has 44 heavy (non-hydrogen) atoms. The van der Waals surface area contributed by atoms with Crippen LogP contribution in [0.25, 0.3) is 0 Å². The highest BCUT2D eigenvalue weighted by atomic mass is 32.2. The van der Waals surface area contributed by atoms with Gasteiger partial charge < -0.3 is 25.6 Å². The van der Waals surface area contributed by atoms with Crippen molar-refractivity contribution in [2.75, 3.05) is 39.0 Å². The number of ether oxygens (including phenoxy) is 1. The number of carbonyl (C=O) groups is 4. The number of benzene rings is 1. The molecule has 14 heteroatoms. The highest BCUT2D eigenvalue weighted by Gasteiger charge is 2.38. The van der Waals surface area contributed by atoms with Gasteiger partial charge in [-0.2, -0.15) is 4.99 Å². The Morgan fingerprint density at radius 1 is 1.05 bits per heavy atom. The van der Waals surface area contributed by atoms with Crippen molar-refractivity contribution in [1.82, 2.24) is 19.8 Å². The summed E-state index contributed by atoms with van der Waals surface area (Å²) in [7, 11) is -3.67. The van der Waals surface area contributed by atoms with Crippen molar-refractivity contribution in [3.8, 4) is 0 Å². The Hall–Kier alpha value is -3.78. The van der Waals surface area contributed by atoms with Gasteiger partial charge in [0.2, 0.25) is 21.8 Å². The second-order valence-electron chi connectivity index (χ2n) is 11.5. The standard InChI is InChI=1S/C30H44N6O7S/c1-20(19-43-22(3)37)21(2)27(38)33-30(31)35-15-12-24(13-16-35)18-32-28(39)26-11-8-14-36(26)29(40)25(34-44(4,41)42)17-23-9-6-5-7-10-23/h5-7,9-10,24-26,34H,8,11-19H2,1-4H3,(H,32,39)(H2,31,33,38)/b21-20+/t25-,26+/m1/s1. The van der Waals surface area contributed by atoms with Gasteiger partial charge in [-0.25, -0.2) is 13.1 Å². The Morgan fingerprint density at radius 2 is 1.70 bits per heavy atom. The summed E-state index contributed by atoms with van der Waals surface area (Å²) in [5.41, 5.74) is 7.88. The van der Waals surface area contributed by atoms with Crippen molar-refractivity contribution < 1.29 is 32.3 Å². The van der Waals surface area contributed by atoms with E-state index in [1.165, 1.54) is 11.8 Å². The average Bonchev–Trinajstić information content (AvgIpc) is 3.48. The van der Waals surface area contributed by atoms with E-state index in [9.17, 15) is 27.6 Å². The second kappa shape index (κ2) is 15.8. The van der Waals surface area contributed by atoms with Crippen LogP contribution in [0.3, 0.4) is 0 Å². The number of hydrogen-bond acceptors (Lipinski definition) is 7. The van der Waals surface area contributed by atoms with E-state index in [4.69, 9.17) is 10.5 Å². The van der Waals surface area contributed by atoms with Gasteiger partial charge in [0.25, 0.3) is 5.91 Å². The van der Waals surface area contributed by atoms with Gasteiger partial charge in [0, 0.05) is 38.7 Å². The molecule has 2 fully saturated rings. The van der Waals surface area contributed by atoms with E-state index in [0.29, 0.717) is 50.2 Å². The summed E-state index contributed by atoms with van der Waals surface area (Å²) in [6.07, 6.45) is 3.78. The normalized spacial score (nSPS) is 19.3. The van der Waals surface area contributed by atoms with Crippen LogP contribution in [0.2, 0.25) is 0 Å². The minimum Gasteiger partial charge on any atom is -0.461 e. The molecule has 0 bridgehead atoms. The van der Waals surface area contributed by atoms with Crippen molar-refractivity contribution >= 4 is 39.7 Å². The Kier molecular flexibility index (Phi) is 12.5. The fourth-order valence-corrected chi connectivity index (χ4v) is 5.98. The number of aliphatic imine (C=N–C) groups is 1. The minimum absolute atomic E-state index is 0.0119. The van der Waals surface area contributed by atoms with Gasteiger partial charge >= 0.3 is 5.97 Å². The molecule has 2 aliphatic rings. The monoisotopic (exact) mass is 632 g/mol. The molecule has 0 aliphatic carbocycles. The van der Waals surface area contributed by atoms with Crippen LogP contribution in [0.15, 0.2) is 46.5 Å². The van der Waals surface area contributed by atoms with E-state index in [2.05, 4.69) is 15.0 Å². The smallest absolute Gasteiger partial charge is 0.302 e. The number of sulfonamides is 1. The summed E-state index contributed by atoms with van der Waals surface area (Å²) in [6.45, 7) is 6.53. The molecule has 2 atom stereocenters. The number of nitrogens with zero attached hydrogens (tertiary/aromatic N) is 3. The second-order valence-corrected chi connectivity index (χ2v) is 13.2. The maximum atomic E-state index is 13.5. The van der Waals surface area contributed by atoms with E-state index in [1.807, 2.05) is 35.2 Å². The third-order valence-electron chi connectivity index (χ3n) is 7.95. The van der Waals surface area contributed by atoms with E-state index < -0.39 is 39.9 Å². The SMILES string of the molecule is CC(=O)OC/C(C)=C(\C)C(=O)/N=C(\N)N1CCC(CNC(=O)[C@@H]2CCCN2C(=O)[C@@H](Cc2ccccc2)NS(C)(=O)=O)CC1. The highest BCUT2D eigenvalue weighted by Crippen LogP contribution is 2.21. The van der Waals surface area contributed by atoms with Crippen molar-refractivity contribution in [3.63, 3.8) is 0 Å². The quantitative estimate of drug-likeness (QED) is 0.137. The molecule has 1 aromatic rings. The zero-order chi connectivity index (χ0) is 32.4. The van der Waals surface area contributed by atoms with Gasteiger partial charge in [-0.15, -0.1) is 0 Å². The Morgan fingerprint density at radius 3 is 2.32 bits per heavy atom. The molecule has 3 rings (SSSR count). The lowest BCUT2D eigenvalue weighted by atomic mass is 9.97. The molecule has 2 heterocycles. The molecule has 2 saturated heterocycles. The van der Waals surface area contributed by atoms with Crippen LogP contribution in [-0.2, 0) is 40.4 Å². The molecule has 4 N–H and O–H groups in total. The predicted molar refractivity (Wildman–Crippen MR) is 166 cm³/mol. The zero-order valence-electron chi connectivity index (χ0n) is 25.9. The van der Waals surface area contributed by atoms with Gasteiger partial charge in [0.1, 0.15) is 18.7 Å². The lowest BCUT2D eigenvalue weighted by Gasteiger charge is -2.33. The third kappa shape index (κ3) is 10.4. The molecule has 242 valence electrons. The number of piperidine rings is 1. The Balaban J connectivity index is 1.53. The first-order valence-corrected chi connectivity index (χ1v) is 16.7. The molecule has 0 radical (unpaired) electrons. The molecule has 13 nitrogen and oxygen atoms in total. The molecular formula is C30H44N6O7S. The lowest BCUT2D eigenvalue weighted by Crippen LogP contribution is -2.54. The Bertz CT molecular complexity index is 1370. The van der Waals surface area contributed by atoms with Crippen molar-refractivity contribution in [1.29, 1.82) is 0 Å². The van der Waals surface area contributed by atoms with Crippen LogP contribution in [0.4, 0.5) is 0 Å². The van der Waals surface area contributed by atoms with Gasteiger partial charge in [-0.1, -0.05) is 30.3 Å². The number of carbonyl (C=O) groups excluding carboxylic acids is 4. The number of rotatable bonds is 11. The summed E-state index contributed by atoms with van der Waals surface area (Å²) in [4.78, 5) is 57.6. The topological polar surface area (TPSA) is 181 Å². The van der Waals surface area contributed by atoms with E-state index in [1.54, 1.807) is 13.8 Å². The summed E-state index contributed by atoms with van der Waals surface area (Å²) in [6, 6.07) is 7.46. The third-order valence-corrected chi connectivity index (χ3v) is 8.66. The van der Waals surface area contributed by atoms with E-state index in [-0.39, 0.29) is 30.8 Å². The molecule has 0 aromatic heterocycles. The largest absolute Gasteiger partial charge is 0.461 e. The average molecular weight is 633 g/mol. The van der Waals surface area contributed by atoms with Crippen LogP contribution < -0.4 is 15.8 Å². The molecule has 0 saturated carbocycles. The van der Waals surface area contributed by atoms with Crippen LogP contribution in [0.1, 0.15) is 52.0 Å². The highest BCUT2D eigenvalue weighted by molar-refractivity contribution is 7.88. The molecule has 0 spiro atoms. The first-order chi connectivity index (χ1) is 20.7. The molecular weight excluding hydrogens is 588 g/mol. The maximum Gasteiger partial charge on any atom is 0.302 e. The van der Waals surface area contributed by atoms with Crippen molar-refractivity contribution in [3.05, 3.63) is 47.0 Å². The van der Waals surface area contributed by atoms with Crippen LogP contribution >= 0.6 is 0 Å². The number of nitrogens with one attached hydrogen (secondary N) is 2.